The second-order valence-corrected chi connectivity index (χ2v) is 7.82. The fourth-order valence-corrected chi connectivity index (χ4v) is 3.20. The number of nitrogens with one attached hydrogen (secondary N) is 1. The number of hydrogen-bond acceptors (Lipinski definition) is 4. The number of anilines is 2. The summed E-state index contributed by atoms with van der Waals surface area (Å²) in [6.07, 6.45) is 3.72. The summed E-state index contributed by atoms with van der Waals surface area (Å²) in [5.41, 5.74) is 1.99. The van der Waals surface area contributed by atoms with E-state index in [0.717, 1.165) is 5.69 Å². The molecule has 1 aromatic carbocycles. The van der Waals surface area contributed by atoms with Crippen molar-refractivity contribution in [2.75, 3.05) is 36.4 Å². The molecule has 1 amide bonds. The minimum atomic E-state index is -0.431. The second kappa shape index (κ2) is 6.91. The molecule has 0 aromatic heterocycles. The number of ether oxygens (including phenoxy) is 1. The monoisotopic (exact) mass is 331 g/mol. The van der Waals surface area contributed by atoms with E-state index < -0.39 is 5.60 Å². The molecule has 5 heteroatoms. The van der Waals surface area contributed by atoms with Crippen LogP contribution >= 0.6 is 0 Å². The predicted molar refractivity (Wildman–Crippen MR) is 97.7 cm³/mol. The molecular formula is C19H29N3O2. The summed E-state index contributed by atoms with van der Waals surface area (Å²) in [7, 11) is 0. The lowest BCUT2D eigenvalue weighted by atomic mass is 10.1. The fraction of sp³-hybridized carbons (Fsp3) is 0.632. The lowest BCUT2D eigenvalue weighted by Gasteiger charge is -2.40. The van der Waals surface area contributed by atoms with Crippen molar-refractivity contribution in [2.45, 2.75) is 51.7 Å². The Hall–Kier alpha value is -1.91. The number of nitrogens with zero attached hydrogens (tertiary/aromatic N) is 2. The molecule has 0 radical (unpaired) electrons. The van der Waals surface area contributed by atoms with Crippen molar-refractivity contribution < 1.29 is 9.53 Å². The Morgan fingerprint density at radius 2 is 1.71 bits per heavy atom. The van der Waals surface area contributed by atoms with Crippen molar-refractivity contribution in [1.82, 2.24) is 4.90 Å². The zero-order valence-corrected chi connectivity index (χ0v) is 15.0. The first-order valence-electron chi connectivity index (χ1n) is 9.00. The summed E-state index contributed by atoms with van der Waals surface area (Å²) in [6, 6.07) is 8.97. The van der Waals surface area contributed by atoms with Gasteiger partial charge in [0.1, 0.15) is 5.60 Å². The molecule has 2 aliphatic heterocycles. The van der Waals surface area contributed by atoms with Crippen LogP contribution in [0.3, 0.4) is 0 Å². The highest BCUT2D eigenvalue weighted by atomic mass is 16.6. The van der Waals surface area contributed by atoms with E-state index in [4.69, 9.17) is 4.74 Å². The number of rotatable bonds is 3. The fourth-order valence-electron chi connectivity index (χ4n) is 3.20. The first-order valence-corrected chi connectivity index (χ1v) is 9.00. The van der Waals surface area contributed by atoms with Gasteiger partial charge in [-0.15, -0.1) is 0 Å². The van der Waals surface area contributed by atoms with Gasteiger partial charge in [-0.1, -0.05) is 0 Å². The van der Waals surface area contributed by atoms with E-state index in [1.807, 2.05) is 20.8 Å². The Balaban J connectivity index is 1.45. The van der Waals surface area contributed by atoms with Gasteiger partial charge in [0.25, 0.3) is 0 Å². The van der Waals surface area contributed by atoms with Gasteiger partial charge in [0, 0.05) is 37.6 Å². The number of carbonyl (C=O) groups excluding carboxylic acids is 1. The van der Waals surface area contributed by atoms with E-state index in [9.17, 15) is 4.79 Å². The third kappa shape index (κ3) is 4.34. The standard InChI is InChI=1S/C19H29N3O2/c1-19(2,3)24-18(23)22-13-16(14-22)20-15-7-9-17(10-8-15)21-11-5-4-6-12-21/h7-10,16,20H,4-6,11-14H2,1-3H3. The Bertz CT molecular complexity index is 553. The molecule has 2 aliphatic rings. The molecule has 1 N–H and O–H groups in total. The summed E-state index contributed by atoms with van der Waals surface area (Å²) in [4.78, 5) is 16.1. The first-order chi connectivity index (χ1) is 11.4. The number of likely N-dealkylation sites (tertiary alicyclic amines) is 1. The lowest BCUT2D eigenvalue weighted by molar-refractivity contribution is 0.0105. The van der Waals surface area contributed by atoms with Gasteiger partial charge in [-0.3, -0.25) is 0 Å². The summed E-state index contributed by atoms with van der Waals surface area (Å²) in [5, 5.41) is 3.49. The van der Waals surface area contributed by atoms with E-state index in [2.05, 4.69) is 34.5 Å². The highest BCUT2D eigenvalue weighted by Gasteiger charge is 2.33. The number of carbonyl (C=O) groups is 1. The lowest BCUT2D eigenvalue weighted by Crippen LogP contribution is -2.57. The van der Waals surface area contributed by atoms with Crippen molar-refractivity contribution in [1.29, 1.82) is 0 Å². The Morgan fingerprint density at radius 3 is 2.29 bits per heavy atom. The largest absolute Gasteiger partial charge is 0.444 e. The molecule has 2 saturated heterocycles. The molecule has 2 heterocycles. The summed E-state index contributed by atoms with van der Waals surface area (Å²) < 4.78 is 5.38. The number of benzene rings is 1. The molecule has 0 atom stereocenters. The summed E-state index contributed by atoms with van der Waals surface area (Å²) in [5.74, 6) is 0. The first kappa shape index (κ1) is 16.9. The highest BCUT2D eigenvalue weighted by molar-refractivity contribution is 5.70. The van der Waals surface area contributed by atoms with Crippen LogP contribution in [0.2, 0.25) is 0 Å². The van der Waals surface area contributed by atoms with Crippen LogP contribution in [0.1, 0.15) is 40.0 Å². The summed E-state index contributed by atoms with van der Waals surface area (Å²) >= 11 is 0. The van der Waals surface area contributed by atoms with E-state index in [0.29, 0.717) is 19.1 Å². The van der Waals surface area contributed by atoms with E-state index in [-0.39, 0.29) is 6.09 Å². The van der Waals surface area contributed by atoms with Crippen molar-refractivity contribution >= 4 is 17.5 Å². The third-order valence-electron chi connectivity index (χ3n) is 4.49. The van der Waals surface area contributed by atoms with Gasteiger partial charge in [0.05, 0.1) is 6.04 Å². The molecule has 0 unspecified atom stereocenters. The molecule has 24 heavy (non-hydrogen) atoms. The van der Waals surface area contributed by atoms with Gasteiger partial charge < -0.3 is 19.9 Å². The van der Waals surface area contributed by atoms with Crippen molar-refractivity contribution in [3.05, 3.63) is 24.3 Å². The van der Waals surface area contributed by atoms with Gasteiger partial charge in [-0.2, -0.15) is 0 Å². The third-order valence-corrected chi connectivity index (χ3v) is 4.49. The van der Waals surface area contributed by atoms with Gasteiger partial charge in [-0.25, -0.2) is 4.79 Å². The SMILES string of the molecule is CC(C)(C)OC(=O)N1CC(Nc2ccc(N3CCCCC3)cc2)C1. The second-order valence-electron chi connectivity index (χ2n) is 7.82. The topological polar surface area (TPSA) is 44.8 Å². The molecule has 0 bridgehead atoms. The quantitative estimate of drug-likeness (QED) is 0.917. The zero-order valence-electron chi connectivity index (χ0n) is 15.0. The Kier molecular flexibility index (Phi) is 4.88. The average Bonchev–Trinajstić information content (AvgIpc) is 2.50. The average molecular weight is 331 g/mol. The molecule has 132 valence electrons. The Labute approximate surface area is 145 Å². The van der Waals surface area contributed by atoms with Crippen molar-refractivity contribution in [2.24, 2.45) is 0 Å². The Morgan fingerprint density at radius 1 is 1.08 bits per heavy atom. The van der Waals surface area contributed by atoms with E-state index >= 15 is 0 Å². The van der Waals surface area contributed by atoms with Crippen LogP contribution in [-0.2, 0) is 4.74 Å². The van der Waals surface area contributed by atoms with Crippen LogP contribution in [0.15, 0.2) is 24.3 Å². The van der Waals surface area contributed by atoms with Gasteiger partial charge in [0.15, 0.2) is 0 Å². The van der Waals surface area contributed by atoms with E-state index in [1.54, 1.807) is 4.90 Å². The van der Waals surface area contributed by atoms with Gasteiger partial charge in [-0.05, 0) is 64.3 Å². The molecule has 0 spiro atoms. The van der Waals surface area contributed by atoms with Crippen LogP contribution < -0.4 is 10.2 Å². The van der Waals surface area contributed by atoms with Crippen molar-refractivity contribution in [3.8, 4) is 0 Å². The minimum Gasteiger partial charge on any atom is -0.444 e. The van der Waals surface area contributed by atoms with Crippen LogP contribution in [0.25, 0.3) is 0 Å². The smallest absolute Gasteiger partial charge is 0.410 e. The highest BCUT2D eigenvalue weighted by Crippen LogP contribution is 2.23. The molecule has 1 aromatic rings. The van der Waals surface area contributed by atoms with Crippen molar-refractivity contribution in [3.63, 3.8) is 0 Å². The van der Waals surface area contributed by atoms with Crippen LogP contribution in [0, 0.1) is 0 Å². The zero-order chi connectivity index (χ0) is 17.2. The minimum absolute atomic E-state index is 0.221. The molecule has 0 aliphatic carbocycles. The predicted octanol–water partition coefficient (Wildman–Crippen LogP) is 3.71. The molecule has 0 saturated carbocycles. The molecule has 5 nitrogen and oxygen atoms in total. The number of piperidine rings is 1. The maximum Gasteiger partial charge on any atom is 0.410 e. The summed E-state index contributed by atoms with van der Waals surface area (Å²) in [6.45, 7) is 9.41. The van der Waals surface area contributed by atoms with Gasteiger partial charge in [0.2, 0.25) is 0 Å². The molecule has 2 fully saturated rings. The normalized spacial score (nSPS) is 19.0. The van der Waals surface area contributed by atoms with Crippen LogP contribution in [0.4, 0.5) is 16.2 Å². The number of amides is 1. The van der Waals surface area contributed by atoms with Crippen LogP contribution in [0.5, 0.6) is 0 Å². The maximum atomic E-state index is 11.9. The maximum absolute atomic E-state index is 11.9. The van der Waals surface area contributed by atoms with Gasteiger partial charge >= 0.3 is 6.09 Å². The van der Waals surface area contributed by atoms with E-state index in [1.165, 1.54) is 38.0 Å². The van der Waals surface area contributed by atoms with Crippen LogP contribution in [-0.4, -0.2) is 48.8 Å². The molecular weight excluding hydrogens is 302 g/mol. The number of hydrogen-bond donors (Lipinski definition) is 1. The molecule has 3 rings (SSSR count).